The highest BCUT2D eigenvalue weighted by atomic mass is 35.5. The van der Waals surface area contributed by atoms with E-state index in [0.29, 0.717) is 49.5 Å². The first kappa shape index (κ1) is 21.6. The Morgan fingerprint density at radius 3 is 2.30 bits per heavy atom. The van der Waals surface area contributed by atoms with Gasteiger partial charge in [0, 0.05) is 30.3 Å². The van der Waals surface area contributed by atoms with Gasteiger partial charge in [-0.1, -0.05) is 23.7 Å². The SMILES string of the molecule is O=C(O)c1ccc(CCNC(=O)c2cc(Cl)ccc2N2CCC(C(=O)O)CC2)cc1. The molecule has 1 saturated heterocycles. The molecule has 0 aliphatic carbocycles. The fourth-order valence-corrected chi connectivity index (χ4v) is 3.73. The van der Waals surface area contributed by atoms with E-state index in [4.69, 9.17) is 16.7 Å². The monoisotopic (exact) mass is 430 g/mol. The molecule has 2 aromatic carbocycles. The summed E-state index contributed by atoms with van der Waals surface area (Å²) in [6.45, 7) is 1.52. The normalized spacial score (nSPS) is 14.4. The summed E-state index contributed by atoms with van der Waals surface area (Å²) in [6.07, 6.45) is 1.63. The van der Waals surface area contributed by atoms with E-state index in [9.17, 15) is 19.5 Å². The minimum atomic E-state index is -0.976. The molecule has 3 N–H and O–H groups in total. The second kappa shape index (κ2) is 9.63. The molecule has 1 heterocycles. The molecule has 1 amide bonds. The maximum atomic E-state index is 12.8. The van der Waals surface area contributed by atoms with Crippen LogP contribution in [0.15, 0.2) is 42.5 Å². The van der Waals surface area contributed by atoms with Crippen molar-refractivity contribution in [1.82, 2.24) is 5.32 Å². The van der Waals surface area contributed by atoms with Crippen LogP contribution in [0.1, 0.15) is 39.1 Å². The van der Waals surface area contributed by atoms with Crippen molar-refractivity contribution >= 4 is 35.1 Å². The van der Waals surface area contributed by atoms with Crippen molar-refractivity contribution in [2.75, 3.05) is 24.5 Å². The summed E-state index contributed by atoms with van der Waals surface area (Å²) in [5, 5.41) is 21.5. The summed E-state index contributed by atoms with van der Waals surface area (Å²) in [7, 11) is 0. The molecule has 0 atom stereocenters. The van der Waals surface area contributed by atoms with Crippen molar-refractivity contribution in [2.45, 2.75) is 19.3 Å². The highest BCUT2D eigenvalue weighted by molar-refractivity contribution is 6.31. The van der Waals surface area contributed by atoms with Crippen molar-refractivity contribution in [3.05, 3.63) is 64.2 Å². The lowest BCUT2D eigenvalue weighted by atomic mass is 9.96. The summed E-state index contributed by atoms with van der Waals surface area (Å²) in [6, 6.07) is 11.7. The van der Waals surface area contributed by atoms with Crippen LogP contribution in [0, 0.1) is 5.92 Å². The lowest BCUT2D eigenvalue weighted by Crippen LogP contribution is -2.38. The zero-order chi connectivity index (χ0) is 21.7. The Labute approximate surface area is 179 Å². The van der Waals surface area contributed by atoms with Gasteiger partial charge in [0.2, 0.25) is 0 Å². The summed E-state index contributed by atoms with van der Waals surface area (Å²) >= 11 is 6.11. The van der Waals surface area contributed by atoms with E-state index in [1.165, 1.54) is 12.1 Å². The largest absolute Gasteiger partial charge is 0.481 e. The molecule has 0 unspecified atom stereocenters. The van der Waals surface area contributed by atoms with Crippen LogP contribution >= 0.6 is 11.6 Å². The smallest absolute Gasteiger partial charge is 0.335 e. The minimum Gasteiger partial charge on any atom is -0.481 e. The highest BCUT2D eigenvalue weighted by Gasteiger charge is 2.26. The average molecular weight is 431 g/mol. The molecular formula is C22H23ClN2O5. The predicted molar refractivity (Wildman–Crippen MR) is 113 cm³/mol. The van der Waals surface area contributed by atoms with Gasteiger partial charge < -0.3 is 20.4 Å². The number of anilines is 1. The number of carbonyl (C=O) groups excluding carboxylic acids is 1. The van der Waals surface area contributed by atoms with Crippen LogP contribution in [0.4, 0.5) is 5.69 Å². The number of hydrogen-bond acceptors (Lipinski definition) is 4. The maximum absolute atomic E-state index is 12.8. The lowest BCUT2D eigenvalue weighted by Gasteiger charge is -2.33. The fourth-order valence-electron chi connectivity index (χ4n) is 3.56. The Morgan fingerprint density at radius 1 is 1.03 bits per heavy atom. The van der Waals surface area contributed by atoms with Gasteiger partial charge in [0.15, 0.2) is 0 Å². The fraction of sp³-hybridized carbons (Fsp3) is 0.318. The Hall–Kier alpha value is -3.06. The molecule has 0 aromatic heterocycles. The van der Waals surface area contributed by atoms with E-state index in [2.05, 4.69) is 5.32 Å². The second-order valence-electron chi connectivity index (χ2n) is 7.27. The van der Waals surface area contributed by atoms with Crippen molar-refractivity contribution in [3.8, 4) is 0 Å². The third-order valence-electron chi connectivity index (χ3n) is 5.29. The van der Waals surface area contributed by atoms with Crippen molar-refractivity contribution in [1.29, 1.82) is 0 Å². The number of nitrogens with one attached hydrogen (secondary N) is 1. The number of halogens is 1. The maximum Gasteiger partial charge on any atom is 0.335 e. The average Bonchev–Trinajstić information content (AvgIpc) is 2.74. The van der Waals surface area contributed by atoms with E-state index >= 15 is 0 Å². The zero-order valence-corrected chi connectivity index (χ0v) is 17.1. The second-order valence-corrected chi connectivity index (χ2v) is 7.71. The molecule has 30 heavy (non-hydrogen) atoms. The number of carboxylic acids is 2. The van der Waals surface area contributed by atoms with Crippen LogP contribution in [0.2, 0.25) is 5.02 Å². The Kier molecular flexibility index (Phi) is 6.95. The topological polar surface area (TPSA) is 107 Å². The van der Waals surface area contributed by atoms with Gasteiger partial charge in [0.1, 0.15) is 0 Å². The summed E-state index contributed by atoms with van der Waals surface area (Å²) < 4.78 is 0. The molecule has 0 bridgehead atoms. The third-order valence-corrected chi connectivity index (χ3v) is 5.52. The molecule has 7 nitrogen and oxygen atoms in total. The quantitative estimate of drug-likeness (QED) is 0.622. The Morgan fingerprint density at radius 2 is 1.70 bits per heavy atom. The van der Waals surface area contributed by atoms with Gasteiger partial charge in [-0.3, -0.25) is 9.59 Å². The summed E-state index contributed by atoms with van der Waals surface area (Å²) in [5.41, 5.74) is 2.34. The first-order valence-corrected chi connectivity index (χ1v) is 10.1. The van der Waals surface area contributed by atoms with E-state index in [0.717, 1.165) is 11.3 Å². The van der Waals surface area contributed by atoms with Gasteiger partial charge in [-0.15, -0.1) is 0 Å². The number of aromatic carboxylic acids is 1. The summed E-state index contributed by atoms with van der Waals surface area (Å²) in [4.78, 5) is 36.9. The predicted octanol–water partition coefficient (Wildman–Crippen LogP) is 3.31. The standard InChI is InChI=1S/C22H23ClN2O5/c23-17-5-6-19(25-11-8-16(9-12-25)22(29)30)18(13-17)20(26)24-10-7-14-1-3-15(4-2-14)21(27)28/h1-6,13,16H,7-12H2,(H,24,26)(H,27,28)(H,29,30). The molecule has 1 fully saturated rings. The number of rotatable bonds is 7. The molecule has 158 valence electrons. The van der Waals surface area contributed by atoms with Crippen LogP contribution in [0.3, 0.4) is 0 Å². The molecule has 3 rings (SSSR count). The van der Waals surface area contributed by atoms with Gasteiger partial charge in [-0.05, 0) is 55.2 Å². The van der Waals surface area contributed by atoms with Gasteiger partial charge in [-0.25, -0.2) is 4.79 Å². The Balaban J connectivity index is 1.63. The molecule has 2 aromatic rings. The third kappa shape index (κ3) is 5.30. The zero-order valence-electron chi connectivity index (χ0n) is 16.3. The molecule has 0 spiro atoms. The first-order valence-electron chi connectivity index (χ1n) is 9.73. The van der Waals surface area contributed by atoms with Crippen molar-refractivity contribution in [2.24, 2.45) is 5.92 Å². The van der Waals surface area contributed by atoms with Crippen molar-refractivity contribution < 1.29 is 24.6 Å². The number of hydrogen-bond donors (Lipinski definition) is 3. The summed E-state index contributed by atoms with van der Waals surface area (Å²) in [5.74, 6) is -2.36. The number of carbonyl (C=O) groups is 3. The van der Waals surface area contributed by atoms with Crippen molar-refractivity contribution in [3.63, 3.8) is 0 Å². The number of benzene rings is 2. The number of amides is 1. The molecule has 0 radical (unpaired) electrons. The molecule has 8 heteroatoms. The molecular weight excluding hydrogens is 408 g/mol. The number of nitrogens with zero attached hydrogens (tertiary/aromatic N) is 1. The van der Waals surface area contributed by atoms with E-state index < -0.39 is 11.9 Å². The number of piperidine rings is 1. The first-order chi connectivity index (χ1) is 14.3. The van der Waals surface area contributed by atoms with E-state index in [1.807, 2.05) is 4.90 Å². The highest BCUT2D eigenvalue weighted by Crippen LogP contribution is 2.28. The van der Waals surface area contributed by atoms with Crippen LogP contribution in [0.25, 0.3) is 0 Å². The lowest BCUT2D eigenvalue weighted by molar-refractivity contribution is -0.142. The number of aliphatic carboxylic acids is 1. The number of carboxylic acid groups (broad SMARTS) is 2. The van der Waals surface area contributed by atoms with E-state index in [1.54, 1.807) is 30.3 Å². The van der Waals surface area contributed by atoms with Crippen LogP contribution in [0.5, 0.6) is 0 Å². The molecule has 1 aliphatic rings. The molecule has 1 aliphatic heterocycles. The van der Waals surface area contributed by atoms with Crippen LogP contribution in [-0.2, 0) is 11.2 Å². The minimum absolute atomic E-state index is 0.220. The van der Waals surface area contributed by atoms with Gasteiger partial charge in [0.25, 0.3) is 5.91 Å². The van der Waals surface area contributed by atoms with Crippen LogP contribution in [-0.4, -0.2) is 47.7 Å². The van der Waals surface area contributed by atoms with Crippen LogP contribution < -0.4 is 10.2 Å². The Bertz CT molecular complexity index is 937. The van der Waals surface area contributed by atoms with Gasteiger partial charge >= 0.3 is 11.9 Å². The van der Waals surface area contributed by atoms with Gasteiger partial charge in [0.05, 0.1) is 17.0 Å². The van der Waals surface area contributed by atoms with E-state index in [-0.39, 0.29) is 17.4 Å². The van der Waals surface area contributed by atoms with Gasteiger partial charge in [-0.2, -0.15) is 0 Å². The molecule has 0 saturated carbocycles.